The van der Waals surface area contributed by atoms with E-state index in [9.17, 15) is 4.79 Å². The van der Waals surface area contributed by atoms with Gasteiger partial charge in [0.25, 0.3) is 0 Å². The van der Waals surface area contributed by atoms with Crippen LogP contribution < -0.4 is 0 Å². The number of rotatable bonds is 5. The molecule has 0 aliphatic heterocycles. The van der Waals surface area contributed by atoms with Crippen LogP contribution in [0.1, 0.15) is 35.6 Å². The normalized spacial score (nSPS) is 15.9. The summed E-state index contributed by atoms with van der Waals surface area (Å²) in [5.74, 6) is 0.395. The summed E-state index contributed by atoms with van der Waals surface area (Å²) in [4.78, 5) is 14.7. The summed E-state index contributed by atoms with van der Waals surface area (Å²) < 4.78 is 1.67. The highest BCUT2D eigenvalue weighted by Crippen LogP contribution is 2.34. The number of tetrazole rings is 1. The summed E-state index contributed by atoms with van der Waals surface area (Å²) in [6, 6.07) is 16.6. The lowest BCUT2D eigenvalue weighted by molar-refractivity contribution is -0.129. The van der Waals surface area contributed by atoms with Crippen LogP contribution in [0.4, 0.5) is 0 Å². The van der Waals surface area contributed by atoms with Gasteiger partial charge in [0.2, 0.25) is 11.1 Å². The van der Waals surface area contributed by atoms with Gasteiger partial charge in [-0.15, -0.1) is 5.10 Å². The van der Waals surface area contributed by atoms with Gasteiger partial charge in [0.15, 0.2) is 0 Å². The highest BCUT2D eigenvalue weighted by atomic mass is 32.2. The average molecular weight is 394 g/mol. The van der Waals surface area contributed by atoms with Gasteiger partial charge < -0.3 is 4.90 Å². The predicted molar refractivity (Wildman–Crippen MR) is 110 cm³/mol. The molecular weight excluding hydrogens is 370 g/mol. The molecule has 1 heterocycles. The summed E-state index contributed by atoms with van der Waals surface area (Å²) in [6.45, 7) is 2.04. The number of nitrogens with zero attached hydrogens (tertiary/aromatic N) is 5. The zero-order chi connectivity index (χ0) is 19.5. The van der Waals surface area contributed by atoms with Crippen molar-refractivity contribution in [2.24, 2.45) is 0 Å². The molecule has 7 heteroatoms. The minimum absolute atomic E-state index is 0.0881. The van der Waals surface area contributed by atoms with E-state index in [2.05, 4.69) is 39.8 Å². The summed E-state index contributed by atoms with van der Waals surface area (Å²) in [6.07, 6.45) is 3.21. The molecule has 0 spiro atoms. The van der Waals surface area contributed by atoms with Crippen molar-refractivity contribution in [2.45, 2.75) is 37.4 Å². The number of amides is 1. The Labute approximate surface area is 168 Å². The van der Waals surface area contributed by atoms with Gasteiger partial charge >= 0.3 is 0 Å². The van der Waals surface area contributed by atoms with Crippen molar-refractivity contribution in [1.82, 2.24) is 25.1 Å². The Morgan fingerprint density at radius 1 is 1.21 bits per heavy atom. The Hall–Kier alpha value is -2.67. The average Bonchev–Trinajstić information content (AvgIpc) is 3.20. The standard InChI is InChI=1S/C21H23N5OS/c1-15-10-12-17(13-11-15)26-21(22-23-24-26)28-14-20(27)25(2)19-9-5-7-16-6-3-4-8-18(16)19/h3-4,6,8,10-13,19H,5,7,9,14H2,1-2H3. The van der Waals surface area contributed by atoms with Crippen molar-refractivity contribution in [3.63, 3.8) is 0 Å². The van der Waals surface area contributed by atoms with E-state index in [1.165, 1.54) is 28.5 Å². The van der Waals surface area contributed by atoms with Crippen molar-refractivity contribution in [3.8, 4) is 5.69 Å². The second-order valence-electron chi connectivity index (χ2n) is 7.11. The molecule has 1 aromatic heterocycles. The number of carbonyl (C=O) groups is 1. The van der Waals surface area contributed by atoms with Crippen molar-refractivity contribution >= 4 is 17.7 Å². The molecule has 0 saturated carbocycles. The molecule has 1 amide bonds. The molecule has 1 aliphatic rings. The molecular formula is C21H23N5OS. The number of hydrogen-bond acceptors (Lipinski definition) is 5. The van der Waals surface area contributed by atoms with Crippen LogP contribution >= 0.6 is 11.8 Å². The zero-order valence-electron chi connectivity index (χ0n) is 16.1. The minimum Gasteiger partial charge on any atom is -0.338 e. The number of aromatic nitrogens is 4. The van der Waals surface area contributed by atoms with Crippen LogP contribution in [0.15, 0.2) is 53.7 Å². The van der Waals surface area contributed by atoms with E-state index in [0.717, 1.165) is 24.9 Å². The minimum atomic E-state index is 0.0881. The Bertz CT molecular complexity index is 969. The summed E-state index contributed by atoms with van der Waals surface area (Å²) in [5, 5.41) is 12.6. The Kier molecular flexibility index (Phi) is 5.43. The van der Waals surface area contributed by atoms with Crippen LogP contribution in [0, 0.1) is 6.92 Å². The van der Waals surface area contributed by atoms with Crippen molar-refractivity contribution in [3.05, 3.63) is 65.2 Å². The van der Waals surface area contributed by atoms with E-state index in [0.29, 0.717) is 10.9 Å². The van der Waals surface area contributed by atoms with Crippen LogP contribution in [0.3, 0.4) is 0 Å². The van der Waals surface area contributed by atoms with Crippen LogP contribution in [-0.2, 0) is 11.2 Å². The van der Waals surface area contributed by atoms with Crippen molar-refractivity contribution in [2.75, 3.05) is 12.8 Å². The molecule has 1 aliphatic carbocycles. The van der Waals surface area contributed by atoms with Gasteiger partial charge in [0.1, 0.15) is 0 Å². The Morgan fingerprint density at radius 3 is 2.82 bits per heavy atom. The topological polar surface area (TPSA) is 63.9 Å². The number of hydrogen-bond donors (Lipinski definition) is 0. The maximum Gasteiger partial charge on any atom is 0.233 e. The van der Waals surface area contributed by atoms with Gasteiger partial charge in [-0.2, -0.15) is 4.68 Å². The molecule has 1 atom stereocenters. The fourth-order valence-corrected chi connectivity index (χ4v) is 4.46. The first-order valence-electron chi connectivity index (χ1n) is 9.45. The molecule has 1 unspecified atom stereocenters. The highest BCUT2D eigenvalue weighted by Gasteiger charge is 2.26. The fourth-order valence-electron chi connectivity index (χ4n) is 3.65. The Balaban J connectivity index is 1.44. The third-order valence-corrected chi connectivity index (χ3v) is 6.15. The van der Waals surface area contributed by atoms with E-state index in [1.807, 2.05) is 43.1 Å². The maximum absolute atomic E-state index is 12.9. The van der Waals surface area contributed by atoms with Gasteiger partial charge in [0.05, 0.1) is 17.5 Å². The van der Waals surface area contributed by atoms with Crippen LogP contribution in [0.25, 0.3) is 5.69 Å². The quantitative estimate of drug-likeness (QED) is 0.620. The lowest BCUT2D eigenvalue weighted by Gasteiger charge is -2.33. The van der Waals surface area contributed by atoms with Crippen LogP contribution in [-0.4, -0.2) is 43.8 Å². The predicted octanol–water partition coefficient (Wildman–Crippen LogP) is 3.60. The molecule has 0 saturated heterocycles. The van der Waals surface area contributed by atoms with E-state index in [-0.39, 0.29) is 11.9 Å². The molecule has 4 rings (SSSR count). The van der Waals surface area contributed by atoms with Gasteiger partial charge in [0, 0.05) is 7.05 Å². The third kappa shape index (κ3) is 3.80. The van der Waals surface area contributed by atoms with E-state index in [1.54, 1.807) is 4.68 Å². The summed E-state index contributed by atoms with van der Waals surface area (Å²) in [5.41, 5.74) is 4.70. The van der Waals surface area contributed by atoms with Crippen LogP contribution in [0.5, 0.6) is 0 Å². The molecule has 2 aromatic carbocycles. The van der Waals surface area contributed by atoms with Crippen molar-refractivity contribution in [1.29, 1.82) is 0 Å². The lowest BCUT2D eigenvalue weighted by Crippen LogP contribution is -2.34. The van der Waals surface area contributed by atoms with Gasteiger partial charge in [-0.25, -0.2) is 0 Å². The zero-order valence-corrected chi connectivity index (χ0v) is 16.9. The third-order valence-electron chi connectivity index (χ3n) is 5.24. The summed E-state index contributed by atoms with van der Waals surface area (Å²) >= 11 is 1.37. The monoisotopic (exact) mass is 393 g/mol. The molecule has 0 fully saturated rings. The molecule has 3 aromatic rings. The van der Waals surface area contributed by atoms with E-state index in [4.69, 9.17) is 0 Å². The smallest absolute Gasteiger partial charge is 0.233 e. The van der Waals surface area contributed by atoms with Crippen molar-refractivity contribution < 1.29 is 4.79 Å². The first-order chi connectivity index (χ1) is 13.6. The largest absolute Gasteiger partial charge is 0.338 e. The highest BCUT2D eigenvalue weighted by molar-refractivity contribution is 7.99. The van der Waals surface area contributed by atoms with Gasteiger partial charge in [-0.3, -0.25) is 4.79 Å². The molecule has 0 bridgehead atoms. The van der Waals surface area contributed by atoms with E-state index >= 15 is 0 Å². The molecule has 6 nitrogen and oxygen atoms in total. The first kappa shape index (κ1) is 18.7. The summed E-state index contributed by atoms with van der Waals surface area (Å²) in [7, 11) is 1.90. The number of fused-ring (bicyclic) bond motifs is 1. The SMILES string of the molecule is Cc1ccc(-n2nnnc2SCC(=O)N(C)C2CCCc3ccccc32)cc1. The number of thioether (sulfide) groups is 1. The molecule has 0 N–H and O–H groups in total. The fraction of sp³-hybridized carbons (Fsp3) is 0.333. The molecule has 0 radical (unpaired) electrons. The number of benzene rings is 2. The van der Waals surface area contributed by atoms with Gasteiger partial charge in [-0.1, -0.05) is 53.7 Å². The Morgan fingerprint density at radius 2 is 2.00 bits per heavy atom. The number of carbonyl (C=O) groups excluding carboxylic acids is 1. The van der Waals surface area contributed by atoms with E-state index < -0.39 is 0 Å². The second-order valence-corrected chi connectivity index (χ2v) is 8.05. The molecule has 144 valence electrons. The lowest BCUT2D eigenvalue weighted by atomic mass is 9.87. The van der Waals surface area contributed by atoms with Crippen LogP contribution in [0.2, 0.25) is 0 Å². The van der Waals surface area contributed by atoms with Gasteiger partial charge in [-0.05, 0) is 59.9 Å². The second kappa shape index (κ2) is 8.14. The maximum atomic E-state index is 12.9. The first-order valence-corrected chi connectivity index (χ1v) is 10.4. The molecule has 28 heavy (non-hydrogen) atoms. The number of aryl methyl sites for hydroxylation is 2.